The molecule has 0 aliphatic rings. The third-order valence-corrected chi connectivity index (χ3v) is 4.75. The highest BCUT2D eigenvalue weighted by atomic mass is 16.5. The van der Waals surface area contributed by atoms with E-state index < -0.39 is 0 Å². The molecule has 0 radical (unpaired) electrons. The minimum Gasteiger partial charge on any atom is -0.493 e. The van der Waals surface area contributed by atoms with E-state index in [1.807, 2.05) is 6.07 Å². The quantitative estimate of drug-likeness (QED) is 0.391. The molecule has 1 N–H and O–H groups in total. The van der Waals surface area contributed by atoms with E-state index in [0.717, 1.165) is 5.56 Å². The molecule has 34 heavy (non-hydrogen) atoms. The summed E-state index contributed by atoms with van der Waals surface area (Å²) in [5.74, 6) is 3.17. The van der Waals surface area contributed by atoms with Crippen LogP contribution in [0.15, 0.2) is 73.3 Å². The van der Waals surface area contributed by atoms with Gasteiger partial charge in [-0.25, -0.2) is 9.97 Å². The molecule has 4 rings (SSSR count). The zero-order chi connectivity index (χ0) is 23.9. The van der Waals surface area contributed by atoms with Crippen LogP contribution < -0.4 is 19.5 Å². The van der Waals surface area contributed by atoms with Gasteiger partial charge in [-0.05, 0) is 55.0 Å². The number of carbonyl (C=O) groups is 1. The lowest BCUT2D eigenvalue weighted by Crippen LogP contribution is -2.07. The van der Waals surface area contributed by atoms with E-state index in [0.29, 0.717) is 40.5 Å². The van der Waals surface area contributed by atoms with Crippen LogP contribution in [-0.4, -0.2) is 39.6 Å². The molecule has 2 aromatic carbocycles. The highest BCUT2D eigenvalue weighted by molar-refractivity contribution is 6.02. The van der Waals surface area contributed by atoms with Gasteiger partial charge in [-0.1, -0.05) is 6.07 Å². The largest absolute Gasteiger partial charge is 0.493 e. The Labute approximate surface area is 196 Å². The fourth-order valence-corrected chi connectivity index (χ4v) is 3.14. The van der Waals surface area contributed by atoms with E-state index in [-0.39, 0.29) is 5.91 Å². The third kappa shape index (κ3) is 5.57. The highest BCUT2D eigenvalue weighted by Crippen LogP contribution is 2.28. The fraction of sp³-hybridized carbons (Fsp3) is 0.120. The van der Waals surface area contributed by atoms with Gasteiger partial charge in [-0.2, -0.15) is 4.98 Å². The first-order valence-corrected chi connectivity index (χ1v) is 10.4. The number of aryl methyl sites for hydroxylation is 1. The predicted molar refractivity (Wildman–Crippen MR) is 128 cm³/mol. The first-order chi connectivity index (χ1) is 16.5. The normalized spacial score (nSPS) is 10.8. The number of benzene rings is 2. The monoisotopic (exact) mass is 457 g/mol. The average molecular weight is 457 g/mol. The molecule has 9 heteroatoms. The van der Waals surface area contributed by atoms with Gasteiger partial charge >= 0.3 is 0 Å². The van der Waals surface area contributed by atoms with Gasteiger partial charge in [0.15, 0.2) is 11.5 Å². The van der Waals surface area contributed by atoms with Crippen molar-refractivity contribution in [2.45, 2.75) is 6.92 Å². The number of aromatic nitrogens is 4. The number of hydrogen-bond donors (Lipinski definition) is 1. The van der Waals surface area contributed by atoms with Crippen LogP contribution in [0.25, 0.3) is 11.9 Å². The molecule has 0 aliphatic heterocycles. The second-order valence-electron chi connectivity index (χ2n) is 7.14. The lowest BCUT2D eigenvalue weighted by molar-refractivity contribution is -0.111. The molecule has 172 valence electrons. The fourth-order valence-electron chi connectivity index (χ4n) is 3.14. The molecule has 0 spiro atoms. The van der Waals surface area contributed by atoms with Crippen LogP contribution in [0, 0.1) is 6.92 Å². The summed E-state index contributed by atoms with van der Waals surface area (Å²) in [6, 6.07) is 14.1. The van der Waals surface area contributed by atoms with E-state index in [9.17, 15) is 4.79 Å². The summed E-state index contributed by atoms with van der Waals surface area (Å²) < 4.78 is 18.1. The molecule has 2 aromatic heterocycles. The SMILES string of the molecule is COc1ccc(/C=C/C(=O)Nc2ccc(Oc3cc(-n4ccnc4)nc(C)n3)cc2)cc1OC. The van der Waals surface area contributed by atoms with Gasteiger partial charge in [0, 0.05) is 30.2 Å². The second-order valence-corrected chi connectivity index (χ2v) is 7.14. The van der Waals surface area contributed by atoms with Crippen molar-refractivity contribution in [3.63, 3.8) is 0 Å². The van der Waals surface area contributed by atoms with Crippen molar-refractivity contribution >= 4 is 17.7 Å². The maximum Gasteiger partial charge on any atom is 0.248 e. The van der Waals surface area contributed by atoms with E-state index in [1.54, 1.807) is 93.0 Å². The van der Waals surface area contributed by atoms with Crippen molar-refractivity contribution in [1.82, 2.24) is 19.5 Å². The Balaban J connectivity index is 1.38. The van der Waals surface area contributed by atoms with Crippen LogP contribution in [0.1, 0.15) is 11.4 Å². The summed E-state index contributed by atoms with van der Waals surface area (Å²) in [4.78, 5) is 25.1. The first-order valence-electron chi connectivity index (χ1n) is 10.4. The summed E-state index contributed by atoms with van der Waals surface area (Å²) >= 11 is 0. The van der Waals surface area contributed by atoms with Crippen LogP contribution in [0.2, 0.25) is 0 Å². The topological polar surface area (TPSA) is 100 Å². The molecule has 1 amide bonds. The van der Waals surface area contributed by atoms with E-state index in [1.165, 1.54) is 6.08 Å². The number of ether oxygens (including phenoxy) is 3. The minimum atomic E-state index is -0.264. The van der Waals surface area contributed by atoms with Crippen LogP contribution in [0.5, 0.6) is 23.1 Å². The zero-order valence-electron chi connectivity index (χ0n) is 18.9. The van der Waals surface area contributed by atoms with Crippen LogP contribution in [0.3, 0.4) is 0 Å². The maximum atomic E-state index is 12.3. The number of imidazole rings is 1. The Kier molecular flexibility index (Phi) is 6.83. The highest BCUT2D eigenvalue weighted by Gasteiger charge is 2.07. The number of methoxy groups -OCH3 is 2. The van der Waals surface area contributed by atoms with Crippen molar-refractivity contribution in [2.24, 2.45) is 0 Å². The van der Waals surface area contributed by atoms with Crippen LogP contribution in [-0.2, 0) is 4.79 Å². The number of anilines is 1. The van der Waals surface area contributed by atoms with Crippen molar-refractivity contribution < 1.29 is 19.0 Å². The minimum absolute atomic E-state index is 0.264. The molecule has 0 saturated carbocycles. The van der Waals surface area contributed by atoms with Crippen molar-refractivity contribution in [2.75, 3.05) is 19.5 Å². The summed E-state index contributed by atoms with van der Waals surface area (Å²) in [5.41, 5.74) is 1.44. The molecule has 4 aromatic rings. The summed E-state index contributed by atoms with van der Waals surface area (Å²) in [7, 11) is 3.14. The number of nitrogens with one attached hydrogen (secondary N) is 1. The lowest BCUT2D eigenvalue weighted by atomic mass is 10.2. The van der Waals surface area contributed by atoms with Crippen LogP contribution >= 0.6 is 0 Å². The van der Waals surface area contributed by atoms with Crippen molar-refractivity contribution in [3.05, 3.63) is 84.7 Å². The molecule has 0 saturated heterocycles. The van der Waals surface area contributed by atoms with E-state index in [4.69, 9.17) is 14.2 Å². The lowest BCUT2D eigenvalue weighted by Gasteiger charge is -2.09. The van der Waals surface area contributed by atoms with E-state index >= 15 is 0 Å². The van der Waals surface area contributed by atoms with Crippen molar-refractivity contribution in [1.29, 1.82) is 0 Å². The van der Waals surface area contributed by atoms with Crippen molar-refractivity contribution in [3.8, 4) is 28.9 Å². The van der Waals surface area contributed by atoms with Gasteiger partial charge in [-0.15, -0.1) is 0 Å². The summed E-state index contributed by atoms with van der Waals surface area (Å²) in [6.07, 6.45) is 8.27. The van der Waals surface area contributed by atoms with Crippen LogP contribution in [0.4, 0.5) is 5.69 Å². The number of amides is 1. The maximum absolute atomic E-state index is 12.3. The first kappa shape index (κ1) is 22.5. The molecule has 0 atom stereocenters. The number of nitrogens with zero attached hydrogens (tertiary/aromatic N) is 4. The van der Waals surface area contributed by atoms with Gasteiger partial charge in [0.05, 0.1) is 14.2 Å². The molecular formula is C25H23N5O4. The standard InChI is InChI=1S/C25H23N5O4/c1-17-27-23(30-13-12-26-16-30)15-25(28-17)34-20-8-6-19(7-9-20)29-24(31)11-5-18-4-10-21(32-2)22(14-18)33-3/h4-16H,1-3H3,(H,29,31)/b11-5+. The number of rotatable bonds is 8. The summed E-state index contributed by atoms with van der Waals surface area (Å²) in [6.45, 7) is 1.79. The Morgan fingerprint density at radius 2 is 1.79 bits per heavy atom. The molecular weight excluding hydrogens is 434 g/mol. The van der Waals surface area contributed by atoms with Gasteiger partial charge in [-0.3, -0.25) is 9.36 Å². The number of carbonyl (C=O) groups excluding carboxylic acids is 1. The smallest absolute Gasteiger partial charge is 0.248 e. The molecule has 0 bridgehead atoms. The van der Waals surface area contributed by atoms with Gasteiger partial charge in [0.1, 0.15) is 23.7 Å². The molecule has 2 heterocycles. The Morgan fingerprint density at radius 3 is 2.50 bits per heavy atom. The Bertz CT molecular complexity index is 1300. The van der Waals surface area contributed by atoms with Gasteiger partial charge < -0.3 is 19.5 Å². The van der Waals surface area contributed by atoms with Gasteiger partial charge in [0.2, 0.25) is 11.8 Å². The third-order valence-electron chi connectivity index (χ3n) is 4.75. The predicted octanol–water partition coefficient (Wildman–Crippen LogP) is 4.43. The zero-order valence-corrected chi connectivity index (χ0v) is 18.9. The molecule has 0 unspecified atom stereocenters. The average Bonchev–Trinajstić information content (AvgIpc) is 3.39. The second kappa shape index (κ2) is 10.3. The van der Waals surface area contributed by atoms with Gasteiger partial charge in [0.25, 0.3) is 0 Å². The molecule has 0 aliphatic carbocycles. The Morgan fingerprint density at radius 1 is 1.00 bits per heavy atom. The Hall–Kier alpha value is -4.66. The molecule has 0 fully saturated rings. The van der Waals surface area contributed by atoms with E-state index in [2.05, 4.69) is 20.3 Å². The molecule has 9 nitrogen and oxygen atoms in total. The number of hydrogen-bond acceptors (Lipinski definition) is 7. The summed E-state index contributed by atoms with van der Waals surface area (Å²) in [5, 5.41) is 2.82.